The molecule has 0 fully saturated rings. The van der Waals surface area contributed by atoms with Crippen LogP contribution in [0.3, 0.4) is 0 Å². The van der Waals surface area contributed by atoms with Crippen LogP contribution in [-0.4, -0.2) is 52.7 Å². The van der Waals surface area contributed by atoms with Crippen molar-refractivity contribution in [3.05, 3.63) is 17.8 Å². The van der Waals surface area contributed by atoms with Gasteiger partial charge in [-0.2, -0.15) is 0 Å². The highest BCUT2D eigenvalue weighted by Crippen LogP contribution is 2.01. The molecule has 16 heavy (non-hydrogen) atoms. The number of aromatic carboxylic acids is 1. The number of likely N-dealkylation sites (N-methyl/N-ethyl adjacent to an activating group) is 1. The maximum Gasteiger partial charge on any atom is 0.356 e. The van der Waals surface area contributed by atoms with Crippen LogP contribution in [0.15, 0.2) is 12.1 Å². The Morgan fingerprint density at radius 2 is 2.06 bits per heavy atom. The van der Waals surface area contributed by atoms with E-state index in [1.54, 1.807) is 14.1 Å². The van der Waals surface area contributed by atoms with Gasteiger partial charge < -0.3 is 15.3 Å². The molecule has 0 aliphatic carbocycles. The topological polar surface area (TPSA) is 95.4 Å². The van der Waals surface area contributed by atoms with Crippen LogP contribution in [0.2, 0.25) is 0 Å². The summed E-state index contributed by atoms with van der Waals surface area (Å²) in [6.45, 7) is 0.0914. The number of nitrogens with zero attached hydrogens (tertiary/aromatic N) is 3. The van der Waals surface area contributed by atoms with Crippen molar-refractivity contribution in [2.45, 2.75) is 0 Å². The summed E-state index contributed by atoms with van der Waals surface area (Å²) in [7, 11) is 3.28. The van der Waals surface area contributed by atoms with E-state index in [9.17, 15) is 9.59 Å². The fourth-order valence-corrected chi connectivity index (χ4v) is 0.865. The molecule has 0 aliphatic rings. The number of anilines is 1. The minimum Gasteiger partial charge on any atom is -0.476 e. The van der Waals surface area contributed by atoms with Gasteiger partial charge in [0, 0.05) is 14.1 Å². The van der Waals surface area contributed by atoms with Gasteiger partial charge in [-0.1, -0.05) is 0 Å². The largest absolute Gasteiger partial charge is 0.476 e. The smallest absolute Gasteiger partial charge is 0.356 e. The minimum atomic E-state index is -1.14. The van der Waals surface area contributed by atoms with Gasteiger partial charge in [0.05, 0.1) is 6.54 Å². The van der Waals surface area contributed by atoms with Crippen LogP contribution in [-0.2, 0) is 4.79 Å². The van der Waals surface area contributed by atoms with Crippen molar-refractivity contribution in [1.82, 2.24) is 15.1 Å². The lowest BCUT2D eigenvalue weighted by Crippen LogP contribution is -2.28. The van der Waals surface area contributed by atoms with Gasteiger partial charge in [-0.3, -0.25) is 4.79 Å². The van der Waals surface area contributed by atoms with Gasteiger partial charge in [-0.05, 0) is 12.1 Å². The molecule has 0 saturated carbocycles. The maximum absolute atomic E-state index is 11.2. The molecule has 1 aromatic heterocycles. The quantitative estimate of drug-likeness (QED) is 0.727. The minimum absolute atomic E-state index is 0.0914. The Morgan fingerprint density at radius 3 is 2.50 bits per heavy atom. The molecule has 1 heterocycles. The average Bonchev–Trinajstić information content (AvgIpc) is 2.26. The van der Waals surface area contributed by atoms with Crippen molar-refractivity contribution >= 4 is 17.7 Å². The van der Waals surface area contributed by atoms with Crippen molar-refractivity contribution in [1.29, 1.82) is 0 Å². The summed E-state index contributed by atoms with van der Waals surface area (Å²) < 4.78 is 0. The summed E-state index contributed by atoms with van der Waals surface area (Å²) >= 11 is 0. The molecule has 0 bridgehead atoms. The monoisotopic (exact) mass is 224 g/mol. The first kappa shape index (κ1) is 11.9. The van der Waals surface area contributed by atoms with E-state index in [0.717, 1.165) is 0 Å². The van der Waals surface area contributed by atoms with Crippen LogP contribution in [0.1, 0.15) is 10.5 Å². The molecule has 0 aliphatic heterocycles. The Labute approximate surface area is 92.1 Å². The number of carboxylic acid groups (broad SMARTS) is 1. The Hall–Kier alpha value is -2.18. The number of rotatable bonds is 4. The molecule has 7 nitrogen and oxygen atoms in total. The molecule has 1 amide bonds. The summed E-state index contributed by atoms with van der Waals surface area (Å²) in [4.78, 5) is 23.1. The van der Waals surface area contributed by atoms with Crippen molar-refractivity contribution < 1.29 is 14.7 Å². The average molecular weight is 224 g/mol. The third-order valence-corrected chi connectivity index (χ3v) is 1.80. The zero-order valence-electron chi connectivity index (χ0n) is 8.97. The van der Waals surface area contributed by atoms with Crippen molar-refractivity contribution in [3.8, 4) is 0 Å². The molecule has 0 saturated heterocycles. The summed E-state index contributed by atoms with van der Waals surface area (Å²) in [5.41, 5.74) is -0.135. The summed E-state index contributed by atoms with van der Waals surface area (Å²) in [6, 6.07) is 2.77. The molecular formula is C9H12N4O3. The lowest BCUT2D eigenvalue weighted by molar-refractivity contribution is -0.126. The van der Waals surface area contributed by atoms with E-state index < -0.39 is 5.97 Å². The number of nitrogens with one attached hydrogen (secondary N) is 1. The van der Waals surface area contributed by atoms with E-state index in [0.29, 0.717) is 5.82 Å². The van der Waals surface area contributed by atoms with Crippen LogP contribution in [0, 0.1) is 0 Å². The molecule has 0 unspecified atom stereocenters. The maximum atomic E-state index is 11.2. The lowest BCUT2D eigenvalue weighted by Gasteiger charge is -2.10. The van der Waals surface area contributed by atoms with Gasteiger partial charge in [-0.25, -0.2) is 4.79 Å². The molecule has 0 aromatic carbocycles. The highest BCUT2D eigenvalue weighted by Gasteiger charge is 2.06. The highest BCUT2D eigenvalue weighted by molar-refractivity contribution is 5.85. The molecule has 86 valence electrons. The normalized spacial score (nSPS) is 9.62. The molecule has 0 spiro atoms. The van der Waals surface area contributed by atoms with E-state index in [4.69, 9.17) is 5.11 Å². The third kappa shape index (κ3) is 3.19. The first-order valence-electron chi connectivity index (χ1n) is 4.51. The Balaban J connectivity index is 2.56. The van der Waals surface area contributed by atoms with Crippen LogP contribution < -0.4 is 5.32 Å². The van der Waals surface area contributed by atoms with Gasteiger partial charge in [0.2, 0.25) is 5.91 Å². The van der Waals surface area contributed by atoms with Gasteiger partial charge in [0.25, 0.3) is 0 Å². The molecular weight excluding hydrogens is 212 g/mol. The van der Waals surface area contributed by atoms with Crippen molar-refractivity contribution in [2.24, 2.45) is 0 Å². The molecule has 2 N–H and O–H groups in total. The summed E-state index contributed by atoms with van der Waals surface area (Å²) in [6.07, 6.45) is 0. The van der Waals surface area contributed by atoms with E-state index in [1.807, 2.05) is 0 Å². The number of aromatic nitrogens is 2. The number of hydrogen-bond donors (Lipinski definition) is 2. The number of hydrogen-bond acceptors (Lipinski definition) is 5. The standard InChI is InChI=1S/C9H12N4O3/c1-13(2)8(14)5-10-7-4-3-6(9(15)16)11-12-7/h3-4H,5H2,1-2H3,(H,10,12)(H,15,16). The second-order valence-corrected chi connectivity index (χ2v) is 3.25. The highest BCUT2D eigenvalue weighted by atomic mass is 16.4. The van der Waals surface area contributed by atoms with E-state index in [-0.39, 0.29) is 18.1 Å². The van der Waals surface area contributed by atoms with E-state index >= 15 is 0 Å². The van der Waals surface area contributed by atoms with E-state index in [2.05, 4.69) is 15.5 Å². The van der Waals surface area contributed by atoms with Crippen LogP contribution in [0.25, 0.3) is 0 Å². The Kier molecular flexibility index (Phi) is 3.76. The van der Waals surface area contributed by atoms with Crippen LogP contribution in [0.4, 0.5) is 5.82 Å². The molecule has 0 radical (unpaired) electrons. The SMILES string of the molecule is CN(C)C(=O)CNc1ccc(C(=O)O)nn1. The van der Waals surface area contributed by atoms with Gasteiger partial charge in [0.15, 0.2) is 5.69 Å². The number of amides is 1. The molecule has 1 rings (SSSR count). The predicted molar refractivity (Wildman–Crippen MR) is 56.2 cm³/mol. The van der Waals surface area contributed by atoms with Crippen LogP contribution in [0.5, 0.6) is 0 Å². The zero-order chi connectivity index (χ0) is 12.1. The van der Waals surface area contributed by atoms with Crippen LogP contribution >= 0.6 is 0 Å². The number of carboxylic acids is 1. The van der Waals surface area contributed by atoms with Crippen molar-refractivity contribution in [2.75, 3.05) is 26.0 Å². The van der Waals surface area contributed by atoms with E-state index in [1.165, 1.54) is 17.0 Å². The second-order valence-electron chi connectivity index (χ2n) is 3.25. The molecule has 7 heteroatoms. The second kappa shape index (κ2) is 5.06. The van der Waals surface area contributed by atoms with Gasteiger partial charge in [0.1, 0.15) is 5.82 Å². The lowest BCUT2D eigenvalue weighted by atomic mass is 10.4. The van der Waals surface area contributed by atoms with Gasteiger partial charge >= 0.3 is 5.97 Å². The van der Waals surface area contributed by atoms with Gasteiger partial charge in [-0.15, -0.1) is 10.2 Å². The fraction of sp³-hybridized carbons (Fsp3) is 0.333. The fourth-order valence-electron chi connectivity index (χ4n) is 0.865. The summed E-state index contributed by atoms with van der Waals surface area (Å²) in [5, 5.41) is 18.4. The number of carbonyl (C=O) groups is 2. The predicted octanol–water partition coefficient (Wildman–Crippen LogP) is -0.325. The molecule has 0 atom stereocenters. The third-order valence-electron chi connectivity index (χ3n) is 1.80. The summed E-state index contributed by atoms with van der Waals surface area (Å²) in [5.74, 6) is -0.882. The molecule has 1 aromatic rings. The van der Waals surface area contributed by atoms with Crippen molar-refractivity contribution in [3.63, 3.8) is 0 Å². The Bertz CT molecular complexity index is 388. The number of carbonyl (C=O) groups excluding carboxylic acids is 1. The zero-order valence-corrected chi connectivity index (χ0v) is 8.97. The Morgan fingerprint density at radius 1 is 1.38 bits per heavy atom. The first-order chi connectivity index (χ1) is 7.50. The first-order valence-corrected chi connectivity index (χ1v) is 4.51.